The number of nitrogens with zero attached hydrogens (tertiary/aromatic N) is 1. The molecule has 0 spiro atoms. The van der Waals surface area contributed by atoms with Crippen LogP contribution in [0, 0.1) is 11.6 Å². The predicted octanol–water partition coefficient (Wildman–Crippen LogP) is 4.69. The fourth-order valence-corrected chi connectivity index (χ4v) is 2.53. The Bertz CT molecular complexity index is 562. The lowest BCUT2D eigenvalue weighted by atomic mass is 10.0. The zero-order valence-corrected chi connectivity index (χ0v) is 11.5. The summed E-state index contributed by atoms with van der Waals surface area (Å²) in [5, 5.41) is 0.513. The van der Waals surface area contributed by atoms with E-state index in [1.807, 2.05) is 0 Å². The second-order valence-electron chi connectivity index (χ2n) is 3.78. The van der Waals surface area contributed by atoms with Gasteiger partial charge in [-0.3, -0.25) is 4.98 Å². The van der Waals surface area contributed by atoms with Gasteiger partial charge in [-0.1, -0.05) is 39.7 Å². The molecule has 1 unspecified atom stereocenters. The smallest absolute Gasteiger partial charge is 0.163 e. The van der Waals surface area contributed by atoms with E-state index in [-0.39, 0.29) is 10.4 Å². The van der Waals surface area contributed by atoms with Gasteiger partial charge in [0.25, 0.3) is 0 Å². The number of rotatable bonds is 3. The van der Waals surface area contributed by atoms with Crippen molar-refractivity contribution >= 4 is 27.5 Å². The van der Waals surface area contributed by atoms with E-state index in [9.17, 15) is 8.78 Å². The Hall–Kier alpha value is -1.00. The number of halogens is 4. The van der Waals surface area contributed by atoms with E-state index in [1.54, 1.807) is 18.3 Å². The largest absolute Gasteiger partial charge is 0.263 e. The van der Waals surface area contributed by atoms with Crippen LogP contribution in [0.1, 0.15) is 16.0 Å². The molecular weight excluding hydrogens is 324 g/mol. The minimum Gasteiger partial charge on any atom is -0.263 e. The molecule has 18 heavy (non-hydrogen) atoms. The van der Waals surface area contributed by atoms with Crippen LogP contribution < -0.4 is 0 Å². The molecule has 0 radical (unpaired) electrons. The van der Waals surface area contributed by atoms with Crippen LogP contribution in [0.25, 0.3) is 0 Å². The molecular formula is C13H9BrClF2N. The number of pyridine rings is 1. The van der Waals surface area contributed by atoms with Gasteiger partial charge in [-0.25, -0.2) is 8.78 Å². The highest BCUT2D eigenvalue weighted by atomic mass is 79.9. The van der Waals surface area contributed by atoms with Crippen molar-refractivity contribution in [2.45, 2.75) is 11.2 Å². The highest BCUT2D eigenvalue weighted by molar-refractivity contribution is 9.09. The van der Waals surface area contributed by atoms with Crippen LogP contribution >= 0.6 is 27.5 Å². The first-order valence-corrected chi connectivity index (χ1v) is 6.55. The van der Waals surface area contributed by atoms with Gasteiger partial charge in [-0.05, 0) is 24.1 Å². The molecule has 0 saturated heterocycles. The van der Waals surface area contributed by atoms with Crippen LogP contribution in [-0.4, -0.2) is 4.98 Å². The lowest BCUT2D eigenvalue weighted by Crippen LogP contribution is -2.01. The van der Waals surface area contributed by atoms with Gasteiger partial charge in [0.1, 0.15) is 0 Å². The Morgan fingerprint density at radius 3 is 2.78 bits per heavy atom. The van der Waals surface area contributed by atoms with Gasteiger partial charge in [0, 0.05) is 22.8 Å². The second kappa shape index (κ2) is 5.76. The normalized spacial score (nSPS) is 12.4. The summed E-state index contributed by atoms with van der Waals surface area (Å²) in [5.74, 6) is -1.68. The second-order valence-corrected chi connectivity index (χ2v) is 5.29. The monoisotopic (exact) mass is 331 g/mol. The lowest BCUT2D eigenvalue weighted by Gasteiger charge is -2.12. The third kappa shape index (κ3) is 2.87. The lowest BCUT2D eigenvalue weighted by molar-refractivity contribution is 0.498. The van der Waals surface area contributed by atoms with Crippen molar-refractivity contribution < 1.29 is 8.78 Å². The number of benzene rings is 1. The summed E-state index contributed by atoms with van der Waals surface area (Å²) in [4.78, 5) is 3.54. The maximum atomic E-state index is 13.6. The van der Waals surface area contributed by atoms with Crippen molar-refractivity contribution in [1.29, 1.82) is 0 Å². The summed E-state index contributed by atoms with van der Waals surface area (Å²) < 4.78 is 26.7. The van der Waals surface area contributed by atoms with E-state index in [0.29, 0.717) is 11.4 Å². The Kier molecular flexibility index (Phi) is 4.30. The Labute approximate surface area is 117 Å². The van der Waals surface area contributed by atoms with Gasteiger partial charge in [0.2, 0.25) is 0 Å². The van der Waals surface area contributed by atoms with Gasteiger partial charge >= 0.3 is 0 Å². The van der Waals surface area contributed by atoms with Crippen LogP contribution in [0.5, 0.6) is 0 Å². The number of alkyl halides is 1. The van der Waals surface area contributed by atoms with Crippen LogP contribution in [0.4, 0.5) is 8.78 Å². The molecule has 94 valence electrons. The molecule has 0 aliphatic carbocycles. The maximum absolute atomic E-state index is 13.6. The molecule has 0 bridgehead atoms. The van der Waals surface area contributed by atoms with Crippen LogP contribution in [-0.2, 0) is 6.42 Å². The van der Waals surface area contributed by atoms with Crippen molar-refractivity contribution in [2.24, 2.45) is 0 Å². The van der Waals surface area contributed by atoms with Crippen molar-refractivity contribution in [1.82, 2.24) is 4.98 Å². The summed E-state index contributed by atoms with van der Waals surface area (Å²) >= 11 is 9.33. The highest BCUT2D eigenvalue weighted by Gasteiger charge is 2.17. The van der Waals surface area contributed by atoms with E-state index >= 15 is 0 Å². The summed E-state index contributed by atoms with van der Waals surface area (Å²) in [5.41, 5.74) is 1.11. The third-order valence-electron chi connectivity index (χ3n) is 2.57. The Balaban J connectivity index is 2.25. The number of aromatic nitrogens is 1. The van der Waals surface area contributed by atoms with Gasteiger partial charge in [0.05, 0.1) is 5.02 Å². The summed E-state index contributed by atoms with van der Waals surface area (Å²) in [6.07, 6.45) is 3.60. The number of hydrogen-bond acceptors (Lipinski definition) is 1. The summed E-state index contributed by atoms with van der Waals surface area (Å²) in [7, 11) is 0. The van der Waals surface area contributed by atoms with Crippen LogP contribution in [0.15, 0.2) is 36.7 Å². The van der Waals surface area contributed by atoms with Crippen LogP contribution in [0.2, 0.25) is 5.02 Å². The molecule has 0 N–H and O–H groups in total. The molecule has 2 aromatic rings. The van der Waals surface area contributed by atoms with E-state index in [1.165, 1.54) is 12.3 Å². The maximum Gasteiger partial charge on any atom is 0.163 e. The molecule has 0 amide bonds. The van der Waals surface area contributed by atoms with Crippen molar-refractivity contribution in [3.8, 4) is 0 Å². The van der Waals surface area contributed by atoms with E-state index in [4.69, 9.17) is 11.6 Å². The zero-order valence-electron chi connectivity index (χ0n) is 9.21. The molecule has 2 rings (SSSR count). The SMILES string of the molecule is Fc1cccc(C(Br)Cc2ccncc2Cl)c1F. The fourth-order valence-electron chi connectivity index (χ4n) is 1.63. The van der Waals surface area contributed by atoms with Gasteiger partial charge in [-0.2, -0.15) is 0 Å². The van der Waals surface area contributed by atoms with Gasteiger partial charge in [-0.15, -0.1) is 0 Å². The average Bonchev–Trinajstić information content (AvgIpc) is 2.35. The molecule has 1 heterocycles. The topological polar surface area (TPSA) is 12.9 Å². The molecule has 1 nitrogen and oxygen atoms in total. The first kappa shape index (κ1) is 13.4. The first-order valence-electron chi connectivity index (χ1n) is 5.26. The van der Waals surface area contributed by atoms with Gasteiger partial charge in [0.15, 0.2) is 11.6 Å². The van der Waals surface area contributed by atoms with E-state index < -0.39 is 11.6 Å². The standard InChI is InChI=1S/C13H9BrClF2N/c14-10(6-8-4-5-18-7-11(8)15)9-2-1-3-12(16)13(9)17/h1-5,7,10H,6H2. The Morgan fingerprint density at radius 2 is 2.06 bits per heavy atom. The molecule has 5 heteroatoms. The molecule has 0 aliphatic rings. The van der Waals surface area contributed by atoms with Crippen molar-refractivity contribution in [2.75, 3.05) is 0 Å². The van der Waals surface area contributed by atoms with E-state index in [2.05, 4.69) is 20.9 Å². The average molecular weight is 333 g/mol. The predicted molar refractivity (Wildman–Crippen MR) is 71.0 cm³/mol. The minimum absolute atomic E-state index is 0.280. The first-order chi connectivity index (χ1) is 8.59. The molecule has 0 aliphatic heterocycles. The third-order valence-corrected chi connectivity index (χ3v) is 3.73. The molecule has 1 aromatic heterocycles. The highest BCUT2D eigenvalue weighted by Crippen LogP contribution is 2.31. The molecule has 0 saturated carbocycles. The molecule has 1 aromatic carbocycles. The summed E-state index contributed by atoms with van der Waals surface area (Å²) in [6.45, 7) is 0. The van der Waals surface area contributed by atoms with E-state index in [0.717, 1.165) is 11.6 Å². The van der Waals surface area contributed by atoms with Crippen molar-refractivity contribution in [3.63, 3.8) is 0 Å². The number of hydrogen-bond donors (Lipinski definition) is 0. The Morgan fingerprint density at radius 1 is 1.28 bits per heavy atom. The van der Waals surface area contributed by atoms with Crippen LogP contribution in [0.3, 0.4) is 0 Å². The fraction of sp³-hybridized carbons (Fsp3) is 0.154. The summed E-state index contributed by atoms with van der Waals surface area (Å²) in [6, 6.07) is 5.88. The van der Waals surface area contributed by atoms with Gasteiger partial charge < -0.3 is 0 Å². The quantitative estimate of drug-likeness (QED) is 0.743. The molecule has 0 fully saturated rings. The zero-order chi connectivity index (χ0) is 13.1. The molecule has 1 atom stereocenters. The minimum atomic E-state index is -0.849. The van der Waals surface area contributed by atoms with Crippen molar-refractivity contribution in [3.05, 3.63) is 64.4 Å².